The smallest absolute Gasteiger partial charge is 0.408 e. The van der Waals surface area contributed by atoms with Crippen molar-refractivity contribution in [3.05, 3.63) is 83.9 Å². The Balaban J connectivity index is 1.76. The molecule has 0 heterocycles. The lowest BCUT2D eigenvalue weighted by Gasteiger charge is -2.24. The fourth-order valence-corrected chi connectivity index (χ4v) is 3.47. The Morgan fingerprint density at radius 3 is 2.15 bits per heavy atom. The van der Waals surface area contributed by atoms with E-state index in [1.54, 1.807) is 32.9 Å². The van der Waals surface area contributed by atoms with Crippen LogP contribution in [-0.2, 0) is 31.9 Å². The number of rotatable bonds is 8. The zero-order valence-corrected chi connectivity index (χ0v) is 19.5. The molecule has 34 heavy (non-hydrogen) atoms. The van der Waals surface area contributed by atoms with Crippen LogP contribution in [0.15, 0.2) is 72.8 Å². The van der Waals surface area contributed by atoms with Crippen LogP contribution in [-0.4, -0.2) is 40.9 Å². The van der Waals surface area contributed by atoms with Crippen LogP contribution in [0.5, 0.6) is 0 Å². The van der Waals surface area contributed by atoms with Gasteiger partial charge in [-0.2, -0.15) is 0 Å². The van der Waals surface area contributed by atoms with Crippen LogP contribution in [0.1, 0.15) is 31.9 Å². The predicted octanol–water partition coefficient (Wildman–Crippen LogP) is 4.51. The molecule has 0 aromatic heterocycles. The molecule has 3 aromatic rings. The lowest BCUT2D eigenvalue weighted by molar-refractivity contribution is -0.165. The Labute approximate surface area is 198 Å². The van der Waals surface area contributed by atoms with Crippen molar-refractivity contribution in [2.24, 2.45) is 0 Å². The van der Waals surface area contributed by atoms with E-state index in [2.05, 4.69) is 5.32 Å². The number of alkyl carbamates (subject to hydrolysis) is 1. The van der Waals surface area contributed by atoms with E-state index < -0.39 is 35.8 Å². The zero-order valence-electron chi connectivity index (χ0n) is 19.5. The highest BCUT2D eigenvalue weighted by atomic mass is 16.6. The summed E-state index contributed by atoms with van der Waals surface area (Å²) in [7, 11) is 0. The van der Waals surface area contributed by atoms with Gasteiger partial charge in [0.2, 0.25) is 6.10 Å². The molecule has 3 rings (SSSR count). The Morgan fingerprint density at radius 1 is 0.853 bits per heavy atom. The number of esters is 1. The van der Waals surface area contributed by atoms with Crippen molar-refractivity contribution in [1.82, 2.24) is 5.32 Å². The topological polar surface area (TPSA) is 102 Å². The summed E-state index contributed by atoms with van der Waals surface area (Å²) >= 11 is 0. The normalized spacial score (nSPS) is 13.0. The number of hydrogen-bond acceptors (Lipinski definition) is 5. The number of carbonyl (C=O) groups excluding carboxylic acids is 2. The second-order valence-electron chi connectivity index (χ2n) is 9.04. The average molecular weight is 464 g/mol. The standard InChI is InChI=1S/C27H29NO6/c1-27(2,3)34-26(32)28-22(16-18-9-5-4-6-10-18)25(31)33-23(24(29)30)17-19-13-14-20-11-7-8-12-21(20)15-19/h4-15,22-23H,16-17H2,1-3H3,(H,28,32)(H,29,30)/t22?,23-/m1/s1. The van der Waals surface area contributed by atoms with E-state index >= 15 is 0 Å². The summed E-state index contributed by atoms with van der Waals surface area (Å²) < 4.78 is 10.7. The summed E-state index contributed by atoms with van der Waals surface area (Å²) in [5.41, 5.74) is 0.742. The van der Waals surface area contributed by atoms with E-state index in [1.165, 1.54) is 0 Å². The first-order chi connectivity index (χ1) is 16.1. The van der Waals surface area contributed by atoms with Gasteiger partial charge >= 0.3 is 18.0 Å². The lowest BCUT2D eigenvalue weighted by atomic mass is 10.0. The molecule has 2 N–H and O–H groups in total. The van der Waals surface area contributed by atoms with E-state index in [9.17, 15) is 19.5 Å². The maximum atomic E-state index is 13.0. The molecule has 0 aliphatic carbocycles. The average Bonchev–Trinajstić information content (AvgIpc) is 2.77. The maximum Gasteiger partial charge on any atom is 0.408 e. The molecule has 7 heteroatoms. The number of fused-ring (bicyclic) bond motifs is 1. The van der Waals surface area contributed by atoms with Gasteiger partial charge in [0.05, 0.1) is 0 Å². The number of benzene rings is 3. The summed E-state index contributed by atoms with van der Waals surface area (Å²) in [5, 5.41) is 14.2. The van der Waals surface area contributed by atoms with Crippen LogP contribution in [0.2, 0.25) is 0 Å². The van der Waals surface area contributed by atoms with Crippen molar-refractivity contribution in [2.75, 3.05) is 0 Å². The van der Waals surface area contributed by atoms with Crippen molar-refractivity contribution < 1.29 is 29.0 Å². The highest BCUT2D eigenvalue weighted by Gasteiger charge is 2.30. The molecule has 1 amide bonds. The molecule has 0 aliphatic rings. The van der Waals surface area contributed by atoms with E-state index in [-0.39, 0.29) is 12.8 Å². The number of carboxylic acids is 1. The summed E-state index contributed by atoms with van der Waals surface area (Å²) in [4.78, 5) is 37.3. The zero-order chi connectivity index (χ0) is 24.7. The Hall–Kier alpha value is -3.87. The number of amides is 1. The summed E-state index contributed by atoms with van der Waals surface area (Å²) in [6, 6.07) is 21.3. The summed E-state index contributed by atoms with van der Waals surface area (Å²) in [6.07, 6.45) is -2.07. The first-order valence-corrected chi connectivity index (χ1v) is 11.0. The van der Waals surface area contributed by atoms with Gasteiger partial charge in [0.15, 0.2) is 0 Å². The van der Waals surface area contributed by atoms with Crippen molar-refractivity contribution in [2.45, 2.75) is 51.4 Å². The summed E-state index contributed by atoms with van der Waals surface area (Å²) in [5.74, 6) is -2.11. The Kier molecular flexibility index (Phi) is 7.89. The van der Waals surface area contributed by atoms with E-state index in [0.29, 0.717) is 0 Å². The lowest BCUT2D eigenvalue weighted by Crippen LogP contribution is -2.47. The third kappa shape index (κ3) is 7.33. The molecule has 0 saturated heterocycles. The van der Waals surface area contributed by atoms with Crippen LogP contribution in [0.25, 0.3) is 10.8 Å². The number of carboxylic acid groups (broad SMARTS) is 1. The van der Waals surface area contributed by atoms with E-state index in [1.807, 2.05) is 60.7 Å². The number of carbonyl (C=O) groups is 3. The molecule has 3 aromatic carbocycles. The predicted molar refractivity (Wildman–Crippen MR) is 128 cm³/mol. The number of hydrogen-bond donors (Lipinski definition) is 2. The first kappa shape index (κ1) is 24.8. The largest absolute Gasteiger partial charge is 0.478 e. The van der Waals surface area contributed by atoms with Crippen molar-refractivity contribution in [3.63, 3.8) is 0 Å². The highest BCUT2D eigenvalue weighted by molar-refractivity contribution is 5.85. The molecular weight excluding hydrogens is 434 g/mol. The third-order valence-corrected chi connectivity index (χ3v) is 5.03. The van der Waals surface area contributed by atoms with Crippen LogP contribution in [0, 0.1) is 0 Å². The molecule has 178 valence electrons. The molecule has 0 bridgehead atoms. The fourth-order valence-electron chi connectivity index (χ4n) is 3.47. The Bertz CT molecular complexity index is 1150. The molecule has 1 unspecified atom stereocenters. The van der Waals surface area contributed by atoms with Gasteiger partial charge in [-0.1, -0.05) is 72.8 Å². The quantitative estimate of drug-likeness (QED) is 0.477. The van der Waals surface area contributed by atoms with Gasteiger partial charge < -0.3 is 19.9 Å². The molecule has 0 fully saturated rings. The van der Waals surface area contributed by atoms with Crippen LogP contribution in [0.4, 0.5) is 4.79 Å². The fraction of sp³-hybridized carbons (Fsp3) is 0.296. The van der Waals surface area contributed by atoms with Gasteiger partial charge in [0, 0.05) is 12.8 Å². The van der Waals surface area contributed by atoms with Crippen LogP contribution < -0.4 is 5.32 Å². The third-order valence-electron chi connectivity index (χ3n) is 5.03. The van der Waals surface area contributed by atoms with E-state index in [0.717, 1.165) is 21.9 Å². The van der Waals surface area contributed by atoms with Crippen molar-refractivity contribution >= 4 is 28.8 Å². The van der Waals surface area contributed by atoms with Gasteiger partial charge in [0.1, 0.15) is 11.6 Å². The van der Waals surface area contributed by atoms with Gasteiger partial charge in [-0.25, -0.2) is 14.4 Å². The van der Waals surface area contributed by atoms with Crippen LogP contribution >= 0.6 is 0 Å². The Morgan fingerprint density at radius 2 is 1.50 bits per heavy atom. The molecule has 2 atom stereocenters. The minimum absolute atomic E-state index is 0.00357. The second kappa shape index (κ2) is 10.8. The van der Waals surface area contributed by atoms with Gasteiger partial charge in [-0.15, -0.1) is 0 Å². The van der Waals surface area contributed by atoms with Crippen LogP contribution in [0.3, 0.4) is 0 Å². The molecular formula is C27H29NO6. The number of aliphatic carboxylic acids is 1. The minimum atomic E-state index is -1.41. The SMILES string of the molecule is CC(C)(C)OC(=O)NC(Cc1ccccc1)C(=O)O[C@H](Cc1ccc2ccccc2c1)C(=O)O. The molecule has 0 aliphatic heterocycles. The van der Waals surface area contributed by atoms with Gasteiger partial charge in [-0.3, -0.25) is 0 Å². The summed E-state index contributed by atoms with van der Waals surface area (Å²) in [6.45, 7) is 5.13. The van der Waals surface area contributed by atoms with Gasteiger partial charge in [-0.05, 0) is 42.7 Å². The maximum absolute atomic E-state index is 13.0. The van der Waals surface area contributed by atoms with Gasteiger partial charge in [0.25, 0.3) is 0 Å². The number of ether oxygens (including phenoxy) is 2. The molecule has 0 spiro atoms. The molecule has 7 nitrogen and oxygen atoms in total. The van der Waals surface area contributed by atoms with Crippen molar-refractivity contribution in [3.8, 4) is 0 Å². The highest BCUT2D eigenvalue weighted by Crippen LogP contribution is 2.18. The monoisotopic (exact) mass is 463 g/mol. The number of nitrogens with one attached hydrogen (secondary N) is 1. The first-order valence-electron chi connectivity index (χ1n) is 11.0. The minimum Gasteiger partial charge on any atom is -0.478 e. The van der Waals surface area contributed by atoms with E-state index in [4.69, 9.17) is 9.47 Å². The van der Waals surface area contributed by atoms with Crippen molar-refractivity contribution in [1.29, 1.82) is 0 Å². The molecule has 0 radical (unpaired) electrons. The molecule has 0 saturated carbocycles. The second-order valence-corrected chi connectivity index (χ2v) is 9.04.